The molecule has 1 aromatic heterocycles. The topological polar surface area (TPSA) is 73.2 Å². The lowest BCUT2D eigenvalue weighted by Crippen LogP contribution is -2.39. The molecule has 2 aliphatic rings. The predicted molar refractivity (Wildman–Crippen MR) is 70.1 cm³/mol. The van der Waals surface area contributed by atoms with E-state index in [1.807, 2.05) is 17.7 Å². The maximum atomic E-state index is 12.0. The van der Waals surface area contributed by atoms with E-state index >= 15 is 0 Å². The number of sulfonamides is 1. The zero-order valence-electron chi connectivity index (χ0n) is 10.9. The van der Waals surface area contributed by atoms with Gasteiger partial charge >= 0.3 is 0 Å². The van der Waals surface area contributed by atoms with Gasteiger partial charge in [0.1, 0.15) is 11.9 Å². The van der Waals surface area contributed by atoms with E-state index in [1.165, 1.54) is 0 Å². The lowest BCUT2D eigenvalue weighted by Gasteiger charge is -2.20. The molecule has 19 heavy (non-hydrogen) atoms. The lowest BCUT2D eigenvalue weighted by molar-refractivity contribution is 0.0925. The third-order valence-corrected chi connectivity index (χ3v) is 5.69. The highest BCUT2D eigenvalue weighted by Crippen LogP contribution is 2.32. The van der Waals surface area contributed by atoms with Gasteiger partial charge in [-0.25, -0.2) is 18.1 Å². The highest BCUT2D eigenvalue weighted by atomic mass is 32.2. The Labute approximate surface area is 113 Å². The van der Waals surface area contributed by atoms with Crippen LogP contribution < -0.4 is 4.72 Å². The molecule has 0 radical (unpaired) electrons. The zero-order valence-corrected chi connectivity index (χ0v) is 11.8. The molecule has 0 bridgehead atoms. The van der Waals surface area contributed by atoms with Crippen LogP contribution in [0.25, 0.3) is 0 Å². The fraction of sp³-hybridized carbons (Fsp3) is 0.750. The number of ether oxygens (including phenoxy) is 1. The van der Waals surface area contributed by atoms with Gasteiger partial charge in [-0.05, 0) is 26.2 Å². The van der Waals surface area contributed by atoms with E-state index in [-0.39, 0.29) is 17.4 Å². The fourth-order valence-electron chi connectivity index (χ4n) is 2.50. The van der Waals surface area contributed by atoms with Crippen LogP contribution in [0.1, 0.15) is 38.1 Å². The maximum absolute atomic E-state index is 12.0. The summed E-state index contributed by atoms with van der Waals surface area (Å²) in [6, 6.07) is -0.196. The molecule has 2 heterocycles. The van der Waals surface area contributed by atoms with Crippen LogP contribution in [0.4, 0.5) is 0 Å². The summed E-state index contributed by atoms with van der Waals surface area (Å²) < 4.78 is 34.5. The summed E-state index contributed by atoms with van der Waals surface area (Å²) in [6.45, 7) is 3.40. The number of aromatic nitrogens is 2. The minimum absolute atomic E-state index is 0.195. The van der Waals surface area contributed by atoms with E-state index < -0.39 is 10.0 Å². The van der Waals surface area contributed by atoms with Crippen LogP contribution in [0, 0.1) is 0 Å². The van der Waals surface area contributed by atoms with Gasteiger partial charge in [-0.3, -0.25) is 0 Å². The zero-order chi connectivity index (χ0) is 13.5. The van der Waals surface area contributed by atoms with Crippen molar-refractivity contribution >= 4 is 10.0 Å². The second-order valence-corrected chi connectivity index (χ2v) is 7.11. The molecule has 1 N–H and O–H groups in total. The largest absolute Gasteiger partial charge is 0.369 e. The van der Waals surface area contributed by atoms with E-state index in [0.29, 0.717) is 13.0 Å². The molecule has 7 heteroatoms. The quantitative estimate of drug-likeness (QED) is 0.869. The van der Waals surface area contributed by atoms with Crippen LogP contribution in [0.3, 0.4) is 0 Å². The number of imidazole rings is 1. The molecule has 106 valence electrons. The first kappa shape index (κ1) is 13.1. The molecule has 1 aliphatic carbocycles. The minimum Gasteiger partial charge on any atom is -0.369 e. The second kappa shape index (κ2) is 4.88. The molecule has 1 saturated carbocycles. The van der Waals surface area contributed by atoms with Gasteiger partial charge in [0.25, 0.3) is 0 Å². The van der Waals surface area contributed by atoms with Crippen molar-refractivity contribution in [1.82, 2.24) is 14.3 Å². The molecule has 1 aliphatic heterocycles. The molecule has 0 amide bonds. The number of rotatable bonds is 5. The Bertz CT molecular complexity index is 550. The molecule has 0 spiro atoms. The smallest absolute Gasteiger partial charge is 0.214 e. The molecular weight excluding hydrogens is 266 g/mol. The molecule has 2 atom stereocenters. The average Bonchev–Trinajstić information content (AvgIpc) is 2.99. The van der Waals surface area contributed by atoms with Crippen LogP contribution in [-0.4, -0.2) is 35.9 Å². The first-order chi connectivity index (χ1) is 9.12. The standard InChI is InChI=1S/C12H19N3O3S/c1-2-15-7-6-13-12(15)11-10(5-8-18-11)14-19(16,17)9-3-4-9/h6-7,9-11,14H,2-5,8H2,1H3/t10-,11-/m0/s1. The summed E-state index contributed by atoms with van der Waals surface area (Å²) in [7, 11) is -3.18. The summed E-state index contributed by atoms with van der Waals surface area (Å²) in [5.41, 5.74) is 0. The number of nitrogens with one attached hydrogen (secondary N) is 1. The highest BCUT2D eigenvalue weighted by molar-refractivity contribution is 7.90. The molecule has 6 nitrogen and oxygen atoms in total. The van der Waals surface area contributed by atoms with Crippen molar-refractivity contribution in [3.63, 3.8) is 0 Å². The minimum atomic E-state index is -3.18. The Morgan fingerprint density at radius 1 is 1.47 bits per heavy atom. The summed E-state index contributed by atoms with van der Waals surface area (Å²) in [5, 5.41) is -0.195. The van der Waals surface area contributed by atoms with Crippen LogP contribution in [-0.2, 0) is 21.3 Å². The third kappa shape index (κ3) is 2.54. The fourth-order valence-corrected chi connectivity index (χ4v) is 4.11. The lowest BCUT2D eigenvalue weighted by atomic mass is 10.1. The van der Waals surface area contributed by atoms with E-state index in [2.05, 4.69) is 9.71 Å². The van der Waals surface area contributed by atoms with Gasteiger partial charge in [0.2, 0.25) is 10.0 Å². The SMILES string of the molecule is CCn1ccnc1[C@H]1OCC[C@@H]1NS(=O)(=O)C1CC1. The van der Waals surface area contributed by atoms with Crippen molar-refractivity contribution in [2.24, 2.45) is 0 Å². The average molecular weight is 285 g/mol. The van der Waals surface area contributed by atoms with E-state index in [1.54, 1.807) is 6.20 Å². The van der Waals surface area contributed by atoms with Crippen molar-refractivity contribution in [3.8, 4) is 0 Å². The molecule has 1 saturated heterocycles. The second-order valence-electron chi connectivity index (χ2n) is 5.12. The van der Waals surface area contributed by atoms with Crippen LogP contribution in [0.5, 0.6) is 0 Å². The summed E-state index contributed by atoms with van der Waals surface area (Å²) in [6.07, 6.45) is 5.60. The van der Waals surface area contributed by atoms with E-state index in [9.17, 15) is 8.42 Å². The van der Waals surface area contributed by atoms with Gasteiger partial charge in [-0.15, -0.1) is 0 Å². The van der Waals surface area contributed by atoms with Gasteiger partial charge < -0.3 is 9.30 Å². The summed E-state index contributed by atoms with van der Waals surface area (Å²) in [4.78, 5) is 4.31. The Balaban J connectivity index is 1.78. The normalized spacial score (nSPS) is 27.8. The highest BCUT2D eigenvalue weighted by Gasteiger charge is 2.41. The monoisotopic (exact) mass is 285 g/mol. The van der Waals surface area contributed by atoms with Crippen LogP contribution in [0.15, 0.2) is 12.4 Å². The van der Waals surface area contributed by atoms with Crippen molar-refractivity contribution in [3.05, 3.63) is 18.2 Å². The van der Waals surface area contributed by atoms with E-state index in [0.717, 1.165) is 25.2 Å². The van der Waals surface area contributed by atoms with Crippen molar-refractivity contribution in [2.75, 3.05) is 6.61 Å². The Kier molecular flexibility index (Phi) is 3.36. The van der Waals surface area contributed by atoms with E-state index in [4.69, 9.17) is 4.74 Å². The first-order valence-corrected chi connectivity index (χ1v) is 8.30. The van der Waals surface area contributed by atoms with Gasteiger partial charge in [0.05, 0.1) is 11.3 Å². The third-order valence-electron chi connectivity index (χ3n) is 3.71. The predicted octanol–water partition coefficient (Wildman–Crippen LogP) is 0.815. The van der Waals surface area contributed by atoms with Crippen molar-refractivity contribution in [2.45, 2.75) is 50.1 Å². The molecule has 1 aromatic rings. The summed E-state index contributed by atoms with van der Waals surface area (Å²) in [5.74, 6) is 0.809. The number of aryl methyl sites for hydroxylation is 1. The summed E-state index contributed by atoms with van der Waals surface area (Å²) >= 11 is 0. The van der Waals surface area contributed by atoms with Gasteiger partial charge in [0, 0.05) is 25.5 Å². The number of hydrogen-bond acceptors (Lipinski definition) is 4. The molecular formula is C12H19N3O3S. The molecule has 0 aromatic carbocycles. The maximum Gasteiger partial charge on any atom is 0.214 e. The Morgan fingerprint density at radius 3 is 2.95 bits per heavy atom. The molecule has 3 rings (SSSR count). The first-order valence-electron chi connectivity index (χ1n) is 6.75. The van der Waals surface area contributed by atoms with Crippen LogP contribution >= 0.6 is 0 Å². The molecule has 0 unspecified atom stereocenters. The van der Waals surface area contributed by atoms with Crippen molar-refractivity contribution in [1.29, 1.82) is 0 Å². The Morgan fingerprint density at radius 2 is 2.26 bits per heavy atom. The Hall–Kier alpha value is -0.920. The van der Waals surface area contributed by atoms with Gasteiger partial charge in [-0.1, -0.05) is 0 Å². The van der Waals surface area contributed by atoms with Gasteiger partial charge in [0.15, 0.2) is 0 Å². The van der Waals surface area contributed by atoms with Crippen molar-refractivity contribution < 1.29 is 13.2 Å². The van der Waals surface area contributed by atoms with Crippen LogP contribution in [0.2, 0.25) is 0 Å². The number of hydrogen-bond donors (Lipinski definition) is 1. The molecule has 2 fully saturated rings. The van der Waals surface area contributed by atoms with Gasteiger partial charge in [-0.2, -0.15) is 0 Å². The number of nitrogens with zero attached hydrogens (tertiary/aromatic N) is 2.